The van der Waals surface area contributed by atoms with Crippen LogP contribution in [-0.4, -0.2) is 20.6 Å². The van der Waals surface area contributed by atoms with Gasteiger partial charge < -0.3 is 9.67 Å². The number of hydrogen-bond acceptors (Lipinski definition) is 2. The lowest BCUT2D eigenvalue weighted by molar-refractivity contribution is -0.142. The zero-order chi connectivity index (χ0) is 13.5. The SMILES string of the molecule is CC(C)(C)Cc1nc(Br)c2n1CC(C(=O)O)CC2. The summed E-state index contributed by atoms with van der Waals surface area (Å²) in [7, 11) is 0. The molecule has 0 saturated carbocycles. The van der Waals surface area contributed by atoms with Crippen molar-refractivity contribution in [1.82, 2.24) is 9.55 Å². The molecule has 2 heterocycles. The van der Waals surface area contributed by atoms with Crippen molar-refractivity contribution >= 4 is 21.9 Å². The van der Waals surface area contributed by atoms with Gasteiger partial charge in [-0.3, -0.25) is 4.79 Å². The zero-order valence-electron chi connectivity index (χ0n) is 11.0. The Morgan fingerprint density at radius 2 is 2.22 bits per heavy atom. The van der Waals surface area contributed by atoms with E-state index in [0.29, 0.717) is 13.0 Å². The molecular formula is C13H19BrN2O2. The van der Waals surface area contributed by atoms with Crippen molar-refractivity contribution in [2.45, 2.75) is 46.6 Å². The van der Waals surface area contributed by atoms with Crippen molar-refractivity contribution in [3.05, 3.63) is 16.1 Å². The van der Waals surface area contributed by atoms with Gasteiger partial charge in [0.1, 0.15) is 10.4 Å². The maximum Gasteiger partial charge on any atom is 0.308 e. The molecule has 0 bridgehead atoms. The van der Waals surface area contributed by atoms with Gasteiger partial charge in [0, 0.05) is 13.0 Å². The second-order valence-electron chi connectivity index (χ2n) is 6.19. The molecular weight excluding hydrogens is 296 g/mol. The van der Waals surface area contributed by atoms with Gasteiger partial charge in [-0.15, -0.1) is 0 Å². The second-order valence-corrected chi connectivity index (χ2v) is 6.94. The lowest BCUT2D eigenvalue weighted by Crippen LogP contribution is -2.28. The third kappa shape index (κ3) is 2.76. The molecule has 1 aromatic rings. The van der Waals surface area contributed by atoms with Crippen molar-refractivity contribution in [2.24, 2.45) is 11.3 Å². The molecule has 0 aromatic carbocycles. The maximum atomic E-state index is 11.1. The van der Waals surface area contributed by atoms with E-state index in [1.165, 1.54) is 0 Å². The van der Waals surface area contributed by atoms with Crippen LogP contribution in [0.1, 0.15) is 38.7 Å². The van der Waals surface area contributed by atoms with Crippen LogP contribution >= 0.6 is 15.9 Å². The standard InChI is InChI=1S/C13H19BrN2O2/c1-13(2,3)6-10-15-11(14)9-5-4-8(12(17)18)7-16(9)10/h8H,4-7H2,1-3H3,(H,17,18). The molecule has 0 amide bonds. The topological polar surface area (TPSA) is 55.1 Å². The Hall–Kier alpha value is -0.840. The minimum absolute atomic E-state index is 0.151. The molecule has 1 aliphatic rings. The second kappa shape index (κ2) is 4.68. The molecule has 2 rings (SSSR count). The average Bonchev–Trinajstić information content (AvgIpc) is 2.53. The summed E-state index contributed by atoms with van der Waals surface area (Å²) in [5.74, 6) is 0.0137. The maximum absolute atomic E-state index is 11.1. The highest BCUT2D eigenvalue weighted by Crippen LogP contribution is 2.30. The number of nitrogens with zero attached hydrogens (tertiary/aromatic N) is 2. The largest absolute Gasteiger partial charge is 0.481 e. The first-order chi connectivity index (χ1) is 8.28. The molecule has 1 N–H and O–H groups in total. The summed E-state index contributed by atoms with van der Waals surface area (Å²) in [6.45, 7) is 7.05. The first kappa shape index (κ1) is 13.6. The molecule has 0 saturated heterocycles. The Morgan fingerprint density at radius 1 is 1.56 bits per heavy atom. The molecule has 0 spiro atoms. The van der Waals surface area contributed by atoms with Gasteiger partial charge >= 0.3 is 5.97 Å². The van der Waals surface area contributed by atoms with Gasteiger partial charge in [0.15, 0.2) is 0 Å². The Labute approximate surface area is 116 Å². The summed E-state index contributed by atoms with van der Waals surface area (Å²) in [4.78, 5) is 15.7. The van der Waals surface area contributed by atoms with E-state index in [1.54, 1.807) is 0 Å². The van der Waals surface area contributed by atoms with Crippen LogP contribution in [0.3, 0.4) is 0 Å². The third-order valence-electron chi connectivity index (χ3n) is 3.27. The van der Waals surface area contributed by atoms with Crippen molar-refractivity contribution in [2.75, 3.05) is 0 Å². The van der Waals surface area contributed by atoms with E-state index in [-0.39, 0.29) is 11.3 Å². The van der Waals surface area contributed by atoms with Crippen molar-refractivity contribution in [1.29, 1.82) is 0 Å². The normalized spacial score (nSPS) is 19.7. The minimum atomic E-state index is -0.702. The van der Waals surface area contributed by atoms with Crippen LogP contribution in [0.4, 0.5) is 0 Å². The highest BCUT2D eigenvalue weighted by molar-refractivity contribution is 9.10. The van der Waals surface area contributed by atoms with E-state index in [2.05, 4.69) is 46.3 Å². The summed E-state index contributed by atoms with van der Waals surface area (Å²) < 4.78 is 2.98. The van der Waals surface area contributed by atoms with Gasteiger partial charge in [-0.05, 0) is 34.2 Å². The highest BCUT2D eigenvalue weighted by Gasteiger charge is 2.29. The summed E-state index contributed by atoms with van der Waals surface area (Å²) in [6, 6.07) is 0. The fourth-order valence-electron chi connectivity index (χ4n) is 2.39. The molecule has 100 valence electrons. The number of hydrogen-bond donors (Lipinski definition) is 1. The van der Waals surface area contributed by atoms with Gasteiger partial charge in [-0.25, -0.2) is 4.98 Å². The smallest absolute Gasteiger partial charge is 0.308 e. The number of carbonyl (C=O) groups is 1. The third-order valence-corrected chi connectivity index (χ3v) is 3.91. The van der Waals surface area contributed by atoms with Crippen molar-refractivity contribution < 1.29 is 9.90 Å². The number of imidazole rings is 1. The number of aromatic nitrogens is 2. The van der Waals surface area contributed by atoms with E-state index in [4.69, 9.17) is 5.11 Å². The summed E-state index contributed by atoms with van der Waals surface area (Å²) in [5.41, 5.74) is 1.30. The Morgan fingerprint density at radius 3 is 2.78 bits per heavy atom. The zero-order valence-corrected chi connectivity index (χ0v) is 12.6. The lowest BCUT2D eigenvalue weighted by Gasteiger charge is -2.25. The minimum Gasteiger partial charge on any atom is -0.481 e. The summed E-state index contributed by atoms with van der Waals surface area (Å²) >= 11 is 3.49. The van der Waals surface area contributed by atoms with Crippen molar-refractivity contribution in [3.8, 4) is 0 Å². The predicted molar refractivity (Wildman–Crippen MR) is 72.5 cm³/mol. The molecule has 1 atom stereocenters. The number of carboxylic acids is 1. The van der Waals surface area contributed by atoms with Crippen LogP contribution in [-0.2, 0) is 24.2 Å². The van der Waals surface area contributed by atoms with Gasteiger partial charge in [-0.2, -0.15) is 0 Å². The first-order valence-electron chi connectivity index (χ1n) is 6.24. The molecule has 0 radical (unpaired) electrons. The van der Waals surface area contributed by atoms with E-state index >= 15 is 0 Å². The van der Waals surface area contributed by atoms with Gasteiger partial charge in [0.25, 0.3) is 0 Å². The number of carboxylic acid groups (broad SMARTS) is 1. The van der Waals surface area contributed by atoms with Crippen LogP contribution in [0, 0.1) is 11.3 Å². The number of rotatable bonds is 2. The van der Waals surface area contributed by atoms with Crippen LogP contribution in [0.15, 0.2) is 4.60 Å². The number of halogens is 1. The van der Waals surface area contributed by atoms with E-state index in [9.17, 15) is 4.79 Å². The highest BCUT2D eigenvalue weighted by atomic mass is 79.9. The fraction of sp³-hybridized carbons (Fsp3) is 0.692. The van der Waals surface area contributed by atoms with E-state index in [0.717, 1.165) is 29.0 Å². The average molecular weight is 315 g/mol. The molecule has 0 fully saturated rings. The molecule has 0 aliphatic carbocycles. The first-order valence-corrected chi connectivity index (χ1v) is 7.04. The number of aliphatic carboxylic acids is 1. The van der Waals surface area contributed by atoms with E-state index < -0.39 is 5.97 Å². The molecule has 1 unspecified atom stereocenters. The Kier molecular flexibility index (Phi) is 3.54. The van der Waals surface area contributed by atoms with Gasteiger partial charge in [0.2, 0.25) is 0 Å². The lowest BCUT2D eigenvalue weighted by atomic mass is 9.91. The molecule has 1 aliphatic heterocycles. The Balaban J connectivity index is 2.32. The summed E-state index contributed by atoms with van der Waals surface area (Å²) in [6.07, 6.45) is 2.35. The predicted octanol–water partition coefficient (Wildman–Crippen LogP) is 2.88. The van der Waals surface area contributed by atoms with Crippen LogP contribution in [0.2, 0.25) is 0 Å². The fourth-order valence-corrected chi connectivity index (χ4v) is 3.01. The monoisotopic (exact) mass is 314 g/mol. The molecule has 18 heavy (non-hydrogen) atoms. The Bertz CT molecular complexity index is 474. The summed E-state index contributed by atoms with van der Waals surface area (Å²) in [5, 5.41) is 9.15. The van der Waals surface area contributed by atoms with E-state index in [1.807, 2.05) is 0 Å². The molecule has 4 nitrogen and oxygen atoms in total. The number of fused-ring (bicyclic) bond motifs is 1. The quantitative estimate of drug-likeness (QED) is 0.913. The van der Waals surface area contributed by atoms with Gasteiger partial charge in [-0.1, -0.05) is 20.8 Å². The molecule has 5 heteroatoms. The van der Waals surface area contributed by atoms with Crippen LogP contribution in [0.5, 0.6) is 0 Å². The van der Waals surface area contributed by atoms with Crippen LogP contribution < -0.4 is 0 Å². The van der Waals surface area contributed by atoms with Crippen molar-refractivity contribution in [3.63, 3.8) is 0 Å². The van der Waals surface area contributed by atoms with Crippen LogP contribution in [0.25, 0.3) is 0 Å². The van der Waals surface area contributed by atoms with Gasteiger partial charge in [0.05, 0.1) is 11.6 Å². The molecule has 1 aromatic heterocycles.